The van der Waals surface area contributed by atoms with Gasteiger partial charge in [-0.15, -0.1) is 0 Å². The largest absolute Gasteiger partial charge is 0.362 e. The van der Waals surface area contributed by atoms with Gasteiger partial charge >= 0.3 is 0 Å². The molecule has 0 atom stereocenters. The number of benzene rings is 2. The lowest BCUT2D eigenvalue weighted by molar-refractivity contribution is -0.124. The van der Waals surface area contributed by atoms with E-state index in [2.05, 4.69) is 56.8 Å². The number of nitrogens with zero attached hydrogens (tertiary/aromatic N) is 2. The van der Waals surface area contributed by atoms with Crippen molar-refractivity contribution in [1.29, 1.82) is 0 Å². The van der Waals surface area contributed by atoms with Crippen molar-refractivity contribution in [3.63, 3.8) is 0 Å². The maximum Gasteiger partial charge on any atom is 0.247 e. The van der Waals surface area contributed by atoms with Gasteiger partial charge in [0, 0.05) is 25.3 Å². The van der Waals surface area contributed by atoms with Crippen molar-refractivity contribution < 1.29 is 4.79 Å². The first-order chi connectivity index (χ1) is 13.7. The number of amides is 1. The summed E-state index contributed by atoms with van der Waals surface area (Å²) >= 11 is 5.61. The van der Waals surface area contributed by atoms with E-state index in [1.54, 1.807) is 0 Å². The Labute approximate surface area is 171 Å². The molecule has 0 radical (unpaired) electrons. The fraction of sp³-hybridized carbons (Fsp3) is 0.364. The van der Waals surface area contributed by atoms with Crippen molar-refractivity contribution in [2.24, 2.45) is 0 Å². The lowest BCUT2D eigenvalue weighted by Crippen LogP contribution is -2.58. The van der Waals surface area contributed by atoms with Crippen LogP contribution in [0.5, 0.6) is 0 Å². The molecule has 0 aromatic heterocycles. The Morgan fingerprint density at radius 1 is 1.04 bits per heavy atom. The molecular weight excluding hydrogens is 368 g/mol. The zero-order valence-corrected chi connectivity index (χ0v) is 16.8. The van der Waals surface area contributed by atoms with Crippen LogP contribution in [0.1, 0.15) is 18.4 Å². The van der Waals surface area contributed by atoms with Crippen molar-refractivity contribution in [2.45, 2.75) is 24.8 Å². The Bertz CT molecular complexity index is 819. The van der Waals surface area contributed by atoms with Crippen LogP contribution in [-0.2, 0) is 11.2 Å². The van der Waals surface area contributed by atoms with Gasteiger partial charge in [0.15, 0.2) is 5.11 Å². The van der Waals surface area contributed by atoms with E-state index in [1.165, 1.54) is 5.56 Å². The fourth-order valence-corrected chi connectivity index (χ4v) is 4.47. The first-order valence-electron chi connectivity index (χ1n) is 9.87. The molecule has 4 rings (SSSR count). The number of hydrogen-bond acceptors (Lipinski definition) is 3. The van der Waals surface area contributed by atoms with Crippen molar-refractivity contribution >= 4 is 28.9 Å². The van der Waals surface area contributed by atoms with Gasteiger partial charge in [-0.05, 0) is 49.2 Å². The molecule has 2 aromatic rings. The van der Waals surface area contributed by atoms with Crippen LogP contribution < -0.4 is 15.5 Å². The van der Waals surface area contributed by atoms with Crippen LogP contribution in [0.3, 0.4) is 0 Å². The third-order valence-corrected chi connectivity index (χ3v) is 6.22. The minimum Gasteiger partial charge on any atom is -0.362 e. The molecule has 0 saturated carbocycles. The molecule has 0 unspecified atom stereocenters. The second-order valence-corrected chi connectivity index (χ2v) is 7.80. The molecule has 2 N–H and O–H groups in total. The van der Waals surface area contributed by atoms with Gasteiger partial charge < -0.3 is 20.4 Å². The average Bonchev–Trinajstić information content (AvgIpc) is 3.05. The minimum atomic E-state index is -0.461. The molecule has 1 amide bonds. The zero-order chi connectivity index (χ0) is 19.4. The smallest absolute Gasteiger partial charge is 0.247 e. The molecule has 146 valence electrons. The third-order valence-electron chi connectivity index (χ3n) is 5.82. The molecule has 2 saturated heterocycles. The van der Waals surface area contributed by atoms with E-state index in [0.717, 1.165) is 49.7 Å². The number of thiocarbonyl (C=S) groups is 1. The van der Waals surface area contributed by atoms with E-state index in [4.69, 9.17) is 12.2 Å². The van der Waals surface area contributed by atoms with E-state index in [9.17, 15) is 4.79 Å². The summed E-state index contributed by atoms with van der Waals surface area (Å²) in [7, 11) is 0. The summed E-state index contributed by atoms with van der Waals surface area (Å²) in [4.78, 5) is 17.1. The first-order valence-corrected chi connectivity index (χ1v) is 10.3. The topological polar surface area (TPSA) is 47.6 Å². The SMILES string of the molecule is O=C1NCN(c2ccccc2)C12CCN(C(=S)NCCc1ccccc1)CC2. The van der Waals surface area contributed by atoms with Gasteiger partial charge in [-0.2, -0.15) is 0 Å². The number of hydrogen-bond donors (Lipinski definition) is 2. The van der Waals surface area contributed by atoms with Gasteiger partial charge in [-0.3, -0.25) is 4.79 Å². The Morgan fingerprint density at radius 2 is 1.68 bits per heavy atom. The summed E-state index contributed by atoms with van der Waals surface area (Å²) in [6.07, 6.45) is 2.49. The molecule has 28 heavy (non-hydrogen) atoms. The minimum absolute atomic E-state index is 0.138. The molecule has 2 aliphatic rings. The molecule has 5 nitrogen and oxygen atoms in total. The van der Waals surface area contributed by atoms with Gasteiger partial charge in [-0.1, -0.05) is 48.5 Å². The molecule has 2 aromatic carbocycles. The predicted octanol–water partition coefficient (Wildman–Crippen LogP) is 2.53. The van der Waals surface area contributed by atoms with Crippen molar-refractivity contribution in [1.82, 2.24) is 15.5 Å². The molecule has 2 heterocycles. The Morgan fingerprint density at radius 3 is 2.36 bits per heavy atom. The summed E-state index contributed by atoms with van der Waals surface area (Å²) < 4.78 is 0. The lowest BCUT2D eigenvalue weighted by atomic mass is 9.86. The van der Waals surface area contributed by atoms with Crippen molar-refractivity contribution in [3.05, 3.63) is 66.2 Å². The number of nitrogens with one attached hydrogen (secondary N) is 2. The van der Waals surface area contributed by atoms with Gasteiger partial charge in [0.25, 0.3) is 0 Å². The Balaban J connectivity index is 1.34. The van der Waals surface area contributed by atoms with Crippen LogP contribution in [-0.4, -0.2) is 47.8 Å². The fourth-order valence-electron chi connectivity index (χ4n) is 4.18. The van der Waals surface area contributed by atoms with E-state index < -0.39 is 5.54 Å². The Kier molecular flexibility index (Phi) is 5.48. The first kappa shape index (κ1) is 18.7. The molecule has 0 bridgehead atoms. The summed E-state index contributed by atoms with van der Waals surface area (Å²) in [5.74, 6) is 0.138. The molecule has 0 aliphatic carbocycles. The highest BCUT2D eigenvalue weighted by Crippen LogP contribution is 2.36. The second-order valence-electron chi connectivity index (χ2n) is 7.41. The highest BCUT2D eigenvalue weighted by atomic mass is 32.1. The van der Waals surface area contributed by atoms with Crippen molar-refractivity contribution in [2.75, 3.05) is 31.2 Å². The van der Waals surface area contributed by atoms with Crippen LogP contribution in [0.4, 0.5) is 5.69 Å². The van der Waals surface area contributed by atoms with Crippen LogP contribution in [0, 0.1) is 0 Å². The van der Waals surface area contributed by atoms with Crippen LogP contribution in [0.2, 0.25) is 0 Å². The van der Waals surface area contributed by atoms with Gasteiger partial charge in [0.05, 0.1) is 6.67 Å². The summed E-state index contributed by atoms with van der Waals surface area (Å²) in [5.41, 5.74) is 1.94. The zero-order valence-electron chi connectivity index (χ0n) is 15.9. The maximum absolute atomic E-state index is 12.7. The van der Waals surface area contributed by atoms with Gasteiger partial charge in [0.2, 0.25) is 5.91 Å². The highest BCUT2D eigenvalue weighted by molar-refractivity contribution is 7.80. The predicted molar refractivity (Wildman–Crippen MR) is 116 cm³/mol. The number of piperidine rings is 1. The van der Waals surface area contributed by atoms with E-state index in [-0.39, 0.29) is 5.91 Å². The van der Waals surface area contributed by atoms with Crippen molar-refractivity contribution in [3.8, 4) is 0 Å². The third kappa shape index (κ3) is 3.69. The quantitative estimate of drug-likeness (QED) is 0.781. The maximum atomic E-state index is 12.7. The molecule has 2 fully saturated rings. The number of rotatable bonds is 4. The number of para-hydroxylation sites is 1. The molecular formula is C22H26N4OS. The summed E-state index contributed by atoms with van der Waals surface area (Å²) in [5, 5.41) is 7.21. The normalized spacial score (nSPS) is 18.2. The standard InChI is InChI=1S/C22H26N4OS/c27-20-22(26(17-24-20)19-9-5-2-6-10-19)12-15-25(16-13-22)21(28)23-14-11-18-7-3-1-4-8-18/h1-10H,11-17H2,(H,23,28)(H,24,27). The van der Waals surface area contributed by atoms with E-state index >= 15 is 0 Å². The van der Waals surface area contributed by atoms with Gasteiger partial charge in [0.1, 0.15) is 5.54 Å². The molecule has 1 spiro atoms. The van der Waals surface area contributed by atoms with Crippen LogP contribution >= 0.6 is 12.2 Å². The molecule has 6 heteroatoms. The lowest BCUT2D eigenvalue weighted by Gasteiger charge is -2.44. The van der Waals surface area contributed by atoms with Gasteiger partial charge in [-0.25, -0.2) is 0 Å². The van der Waals surface area contributed by atoms with Crippen LogP contribution in [0.15, 0.2) is 60.7 Å². The number of carbonyl (C=O) groups is 1. The average molecular weight is 395 g/mol. The highest BCUT2D eigenvalue weighted by Gasteiger charge is 2.50. The number of carbonyl (C=O) groups excluding carboxylic acids is 1. The van der Waals surface area contributed by atoms with E-state index in [0.29, 0.717) is 6.67 Å². The van der Waals surface area contributed by atoms with E-state index in [1.807, 2.05) is 24.3 Å². The summed E-state index contributed by atoms with van der Waals surface area (Å²) in [6.45, 7) is 2.96. The second kappa shape index (κ2) is 8.19. The van der Waals surface area contributed by atoms with Crippen LogP contribution in [0.25, 0.3) is 0 Å². The number of anilines is 1. The summed E-state index contributed by atoms with van der Waals surface area (Å²) in [6, 6.07) is 20.6. The number of likely N-dealkylation sites (tertiary alicyclic amines) is 1. The molecule has 2 aliphatic heterocycles. The monoisotopic (exact) mass is 394 g/mol. The Hall–Kier alpha value is -2.60.